The number of piperidine rings is 1. The van der Waals surface area contributed by atoms with Crippen molar-refractivity contribution in [1.29, 1.82) is 0 Å². The Bertz CT molecular complexity index is 1260. The maximum absolute atomic E-state index is 13.4. The maximum Gasteiger partial charge on any atom is 0.427 e. The van der Waals surface area contributed by atoms with Gasteiger partial charge in [0.2, 0.25) is 0 Å². The third kappa shape index (κ3) is 6.78. The number of benzene rings is 3. The number of rotatable bonds is 7. The lowest BCUT2D eigenvalue weighted by Crippen LogP contribution is -2.60. The minimum Gasteiger partial charge on any atom is -0.207 e. The summed E-state index contributed by atoms with van der Waals surface area (Å²) in [5, 5.41) is -5.85. The van der Waals surface area contributed by atoms with Crippen molar-refractivity contribution in [3.63, 3.8) is 0 Å². The summed E-state index contributed by atoms with van der Waals surface area (Å²) in [6.45, 7) is -1.18. The normalized spacial score (nSPS) is 15.5. The summed E-state index contributed by atoms with van der Waals surface area (Å²) >= 11 is 0. The van der Waals surface area contributed by atoms with Crippen LogP contribution in [0.3, 0.4) is 0 Å². The van der Waals surface area contributed by atoms with Gasteiger partial charge in [-0.2, -0.15) is 30.6 Å². The molecule has 1 saturated heterocycles. The first kappa shape index (κ1) is 31.0. The van der Waals surface area contributed by atoms with Gasteiger partial charge in [-0.05, 0) is 61.4 Å². The van der Waals surface area contributed by atoms with Crippen LogP contribution < -0.4 is 0 Å². The third-order valence-electron chi connectivity index (χ3n) is 5.90. The fraction of sp³-hybridized carbons (Fsp3) is 0.333. The number of hydrogen-bond donors (Lipinski definition) is 0. The second-order valence-corrected chi connectivity index (χ2v) is 12.8. The number of halogens is 7. The molecule has 0 unspecified atom stereocenters. The minimum absolute atomic E-state index is 0.149. The second-order valence-electron chi connectivity index (χ2n) is 8.83. The van der Waals surface area contributed by atoms with Gasteiger partial charge in [-0.1, -0.05) is 42.8 Å². The van der Waals surface area contributed by atoms with E-state index in [2.05, 4.69) is 24.3 Å². The van der Waals surface area contributed by atoms with Gasteiger partial charge in [0.15, 0.2) is 14.7 Å². The van der Waals surface area contributed by atoms with Crippen LogP contribution in [0.2, 0.25) is 0 Å². The zero-order chi connectivity index (χ0) is 28.9. The van der Waals surface area contributed by atoms with Crippen molar-refractivity contribution in [3.05, 3.63) is 90.7 Å². The van der Waals surface area contributed by atoms with E-state index in [0.717, 1.165) is 4.90 Å². The Labute approximate surface area is 226 Å². The van der Waals surface area contributed by atoms with E-state index >= 15 is 0 Å². The minimum atomic E-state index is -5.98. The Kier molecular flexibility index (Phi) is 9.77. The standard InChI is InChI=1S/C18H14FS.C9H13F6NO2S/c19-15-11-13-18(14-12-15)20(16-7-3-1-4-8-16)17-9-5-2-6-10-17;1-7(10,11)8(12,13)9(14,15)19(17,18)16-5-3-2-4-6-16/h1-14H;2-6H2,1H3/q+1;. The van der Waals surface area contributed by atoms with Gasteiger partial charge in [0.1, 0.15) is 5.82 Å². The van der Waals surface area contributed by atoms with Gasteiger partial charge in [-0.25, -0.2) is 12.8 Å². The van der Waals surface area contributed by atoms with Gasteiger partial charge < -0.3 is 0 Å². The van der Waals surface area contributed by atoms with E-state index in [4.69, 9.17) is 0 Å². The zero-order valence-corrected chi connectivity index (χ0v) is 22.5. The number of nitrogens with zero attached hydrogens (tertiary/aromatic N) is 1. The summed E-state index contributed by atoms with van der Waals surface area (Å²) in [6, 6.07) is 27.5. The number of alkyl halides is 6. The number of hydrogen-bond acceptors (Lipinski definition) is 2. The first-order valence-corrected chi connectivity index (χ1v) is 14.6. The van der Waals surface area contributed by atoms with Crippen LogP contribution in [0.4, 0.5) is 30.7 Å². The average molecular weight is 595 g/mol. The molecular formula is C27H27F7NO2S2+. The van der Waals surface area contributed by atoms with Gasteiger partial charge in [-0.15, -0.1) is 0 Å². The molecule has 3 nitrogen and oxygen atoms in total. The molecule has 0 amide bonds. The quantitative estimate of drug-likeness (QED) is 0.209. The fourth-order valence-corrected chi connectivity index (χ4v) is 7.43. The largest absolute Gasteiger partial charge is 0.427 e. The molecule has 0 saturated carbocycles. The highest BCUT2D eigenvalue weighted by Crippen LogP contribution is 2.49. The molecule has 3 aromatic carbocycles. The van der Waals surface area contributed by atoms with Crippen molar-refractivity contribution in [2.75, 3.05) is 13.1 Å². The highest BCUT2D eigenvalue weighted by Gasteiger charge is 2.76. The average Bonchev–Trinajstić information content (AvgIpc) is 2.91. The highest BCUT2D eigenvalue weighted by molar-refractivity contribution is 7.97. The molecule has 4 rings (SSSR count). The van der Waals surface area contributed by atoms with E-state index in [1.807, 2.05) is 48.5 Å². The molecule has 0 atom stereocenters. The van der Waals surface area contributed by atoms with Gasteiger partial charge in [0, 0.05) is 20.0 Å². The van der Waals surface area contributed by atoms with Crippen molar-refractivity contribution < 1.29 is 39.2 Å². The van der Waals surface area contributed by atoms with Crippen molar-refractivity contribution in [3.8, 4) is 0 Å². The van der Waals surface area contributed by atoms with E-state index < -0.39 is 34.0 Å². The molecule has 0 bridgehead atoms. The molecule has 0 spiro atoms. The molecular weight excluding hydrogens is 567 g/mol. The third-order valence-corrected chi connectivity index (χ3v) is 10.1. The SMILES string of the molecule is CC(F)(F)C(F)(F)C(F)(F)S(=O)(=O)N1CCCCC1.Fc1ccc([S+](c2ccccc2)c2ccccc2)cc1. The van der Waals surface area contributed by atoms with Gasteiger partial charge in [-0.3, -0.25) is 0 Å². The molecule has 0 N–H and O–H groups in total. The monoisotopic (exact) mass is 594 g/mol. The fourth-order valence-electron chi connectivity index (χ4n) is 3.78. The van der Waals surface area contributed by atoms with E-state index in [9.17, 15) is 39.2 Å². The summed E-state index contributed by atoms with van der Waals surface area (Å²) in [7, 11) is -6.02. The van der Waals surface area contributed by atoms with Crippen molar-refractivity contribution >= 4 is 20.9 Å². The molecule has 1 aliphatic rings. The Hall–Kier alpha value is -2.57. The molecule has 3 aromatic rings. The van der Waals surface area contributed by atoms with Crippen molar-refractivity contribution in [2.24, 2.45) is 0 Å². The molecule has 1 fully saturated rings. The first-order valence-electron chi connectivity index (χ1n) is 11.9. The van der Waals surface area contributed by atoms with Crippen LogP contribution in [0, 0.1) is 5.82 Å². The van der Waals surface area contributed by atoms with E-state index in [1.54, 1.807) is 0 Å². The predicted molar refractivity (Wildman–Crippen MR) is 136 cm³/mol. The van der Waals surface area contributed by atoms with E-state index in [1.165, 1.54) is 21.9 Å². The summed E-state index contributed by atoms with van der Waals surface area (Å²) in [5.74, 6) is -11.3. The molecule has 0 aromatic heterocycles. The van der Waals surface area contributed by atoms with Crippen LogP contribution in [0.5, 0.6) is 0 Å². The van der Waals surface area contributed by atoms with Crippen LogP contribution in [0.1, 0.15) is 26.2 Å². The Morgan fingerprint density at radius 2 is 1.08 bits per heavy atom. The van der Waals surface area contributed by atoms with Crippen LogP contribution >= 0.6 is 0 Å². The summed E-state index contributed by atoms with van der Waals surface area (Å²) in [6.07, 6.45) is 1.02. The summed E-state index contributed by atoms with van der Waals surface area (Å²) in [5.41, 5.74) is 0. The molecule has 0 aliphatic carbocycles. The molecule has 39 heavy (non-hydrogen) atoms. The van der Waals surface area contributed by atoms with Gasteiger partial charge in [0.25, 0.3) is 10.0 Å². The lowest BCUT2D eigenvalue weighted by Gasteiger charge is -2.35. The van der Waals surface area contributed by atoms with Crippen LogP contribution in [-0.4, -0.2) is 42.9 Å². The predicted octanol–water partition coefficient (Wildman–Crippen LogP) is 7.61. The summed E-state index contributed by atoms with van der Waals surface area (Å²) < 4.78 is 114. The van der Waals surface area contributed by atoms with Gasteiger partial charge in [0.05, 0.1) is 10.9 Å². The molecule has 12 heteroatoms. The maximum atomic E-state index is 13.4. The highest BCUT2D eigenvalue weighted by atomic mass is 32.2. The van der Waals surface area contributed by atoms with Crippen LogP contribution in [0.25, 0.3) is 0 Å². The van der Waals surface area contributed by atoms with Crippen LogP contribution in [-0.2, 0) is 20.9 Å². The lowest BCUT2D eigenvalue weighted by atomic mass is 10.2. The smallest absolute Gasteiger partial charge is 0.207 e. The Balaban J connectivity index is 0.000000216. The zero-order valence-electron chi connectivity index (χ0n) is 20.8. The molecule has 1 aliphatic heterocycles. The van der Waals surface area contributed by atoms with E-state index in [-0.39, 0.29) is 46.9 Å². The summed E-state index contributed by atoms with van der Waals surface area (Å²) in [4.78, 5) is 3.61. The topological polar surface area (TPSA) is 37.4 Å². The first-order chi connectivity index (χ1) is 18.2. The van der Waals surface area contributed by atoms with E-state index in [0.29, 0.717) is 6.42 Å². The molecule has 0 radical (unpaired) electrons. The lowest BCUT2D eigenvalue weighted by molar-refractivity contribution is -0.272. The molecule has 1 heterocycles. The Morgan fingerprint density at radius 1 is 0.667 bits per heavy atom. The molecule has 212 valence electrons. The number of sulfonamides is 1. The van der Waals surface area contributed by atoms with Crippen molar-refractivity contribution in [1.82, 2.24) is 4.31 Å². The van der Waals surface area contributed by atoms with Crippen molar-refractivity contribution in [2.45, 2.75) is 58.0 Å². The second kappa shape index (κ2) is 12.3. The van der Waals surface area contributed by atoms with Crippen LogP contribution in [0.15, 0.2) is 99.6 Å². The Morgan fingerprint density at radius 3 is 1.49 bits per heavy atom. The van der Waals surface area contributed by atoms with Gasteiger partial charge >= 0.3 is 17.1 Å².